The number of hydrogen-bond donors (Lipinski definition) is 5. The highest BCUT2D eigenvalue weighted by molar-refractivity contribution is 5.90. The van der Waals surface area contributed by atoms with Crippen molar-refractivity contribution in [3.8, 4) is 11.1 Å². The fourth-order valence-electron chi connectivity index (χ4n) is 4.46. The molecule has 1 aliphatic heterocycles. The Morgan fingerprint density at radius 2 is 1.83 bits per heavy atom. The lowest BCUT2D eigenvalue weighted by Gasteiger charge is -2.37. The molecule has 0 bridgehead atoms. The van der Waals surface area contributed by atoms with Gasteiger partial charge in [0.15, 0.2) is 0 Å². The van der Waals surface area contributed by atoms with Gasteiger partial charge < -0.3 is 25.0 Å². The number of rotatable bonds is 3. The van der Waals surface area contributed by atoms with Crippen LogP contribution in [0.15, 0.2) is 36.5 Å². The van der Waals surface area contributed by atoms with Crippen LogP contribution in [0.25, 0.3) is 22.0 Å². The summed E-state index contributed by atoms with van der Waals surface area (Å²) in [5, 5.41) is 33.0. The lowest BCUT2D eigenvalue weighted by Crippen LogP contribution is -2.38. The molecule has 158 valence electrons. The number of aromatic nitrogens is 1. The normalized spacial score (nSPS) is 28.1. The van der Waals surface area contributed by atoms with Crippen LogP contribution >= 0.6 is 0 Å². The molecule has 1 aliphatic carbocycles. The molecule has 8 heteroatoms. The summed E-state index contributed by atoms with van der Waals surface area (Å²) in [7, 11) is 0. The first-order chi connectivity index (χ1) is 14.2. The third kappa shape index (κ3) is 2.72. The van der Waals surface area contributed by atoms with Gasteiger partial charge in [0.2, 0.25) is 6.41 Å². The van der Waals surface area contributed by atoms with Crippen molar-refractivity contribution in [2.45, 2.75) is 50.0 Å². The average molecular weight is 416 g/mol. The van der Waals surface area contributed by atoms with Gasteiger partial charge in [-0.05, 0) is 43.4 Å². The summed E-state index contributed by atoms with van der Waals surface area (Å²) in [6, 6.07) is 7.78. The van der Waals surface area contributed by atoms with E-state index in [1.807, 2.05) is 0 Å². The zero-order valence-corrected chi connectivity index (χ0v) is 16.2. The van der Waals surface area contributed by atoms with E-state index >= 15 is 4.39 Å². The lowest BCUT2D eigenvalue weighted by molar-refractivity contribution is -0.149. The van der Waals surface area contributed by atoms with E-state index in [1.54, 1.807) is 24.3 Å². The van der Waals surface area contributed by atoms with Crippen LogP contribution in [0.5, 0.6) is 0 Å². The number of ether oxygens (including phenoxy) is 1. The Hall–Kier alpha value is -2.36. The summed E-state index contributed by atoms with van der Waals surface area (Å²) in [5.41, 5.74) is -0.967. The van der Waals surface area contributed by atoms with Crippen molar-refractivity contribution in [1.82, 2.24) is 10.3 Å². The van der Waals surface area contributed by atoms with Crippen molar-refractivity contribution in [3.63, 3.8) is 0 Å². The summed E-state index contributed by atoms with van der Waals surface area (Å²) in [6.45, 7) is 1.51. The van der Waals surface area contributed by atoms with Crippen LogP contribution in [-0.2, 0) is 15.9 Å². The first kappa shape index (κ1) is 19.6. The Bertz CT molecular complexity index is 1130. The number of fused-ring (bicyclic) bond motifs is 1. The highest BCUT2D eigenvalue weighted by Crippen LogP contribution is 2.43. The molecule has 1 aromatic heterocycles. The van der Waals surface area contributed by atoms with E-state index in [1.165, 1.54) is 19.2 Å². The van der Waals surface area contributed by atoms with E-state index in [2.05, 4.69) is 10.3 Å². The molecule has 6 nitrogen and oxygen atoms in total. The second-order valence-corrected chi connectivity index (χ2v) is 8.28. The molecular weight excluding hydrogens is 394 g/mol. The molecule has 2 aliphatic rings. The van der Waals surface area contributed by atoms with Gasteiger partial charge in [0, 0.05) is 17.1 Å². The van der Waals surface area contributed by atoms with E-state index in [0.29, 0.717) is 18.4 Å². The molecule has 2 unspecified atom stereocenters. The molecule has 2 heterocycles. The number of aliphatic hydroxyl groups is 3. The predicted molar refractivity (Wildman–Crippen MR) is 105 cm³/mol. The lowest BCUT2D eigenvalue weighted by atomic mass is 9.75. The van der Waals surface area contributed by atoms with Gasteiger partial charge >= 0.3 is 0 Å². The van der Waals surface area contributed by atoms with Crippen molar-refractivity contribution in [2.24, 2.45) is 0 Å². The van der Waals surface area contributed by atoms with E-state index in [9.17, 15) is 19.7 Å². The number of aliphatic hydroxyl groups excluding tert-OH is 2. The smallest absolute Gasteiger partial charge is 0.216 e. The molecule has 1 saturated carbocycles. The number of hydrogen-bond acceptors (Lipinski definition) is 5. The second kappa shape index (κ2) is 6.57. The van der Waals surface area contributed by atoms with Crippen molar-refractivity contribution < 1.29 is 28.8 Å². The van der Waals surface area contributed by atoms with E-state index < -0.39 is 35.5 Å². The first-order valence-electron chi connectivity index (χ1n) is 9.86. The minimum Gasteiger partial charge on any atom is -0.385 e. The monoisotopic (exact) mass is 416 g/mol. The van der Waals surface area contributed by atoms with Gasteiger partial charge in [-0.1, -0.05) is 24.3 Å². The van der Waals surface area contributed by atoms with Crippen LogP contribution in [0.3, 0.4) is 0 Å². The Labute approximate surface area is 171 Å². The van der Waals surface area contributed by atoms with Crippen LogP contribution in [0.4, 0.5) is 8.78 Å². The molecule has 30 heavy (non-hydrogen) atoms. The predicted octanol–water partition coefficient (Wildman–Crippen LogP) is 2.91. The summed E-state index contributed by atoms with van der Waals surface area (Å²) >= 11 is 0. The fourth-order valence-corrected chi connectivity index (χ4v) is 4.46. The molecule has 0 spiro atoms. The molecule has 2 fully saturated rings. The first-order valence-corrected chi connectivity index (χ1v) is 9.86. The van der Waals surface area contributed by atoms with Crippen molar-refractivity contribution in [2.75, 3.05) is 0 Å². The molecule has 2 aromatic carbocycles. The van der Waals surface area contributed by atoms with Crippen molar-refractivity contribution >= 4 is 10.9 Å². The number of halogens is 2. The second-order valence-electron chi connectivity index (χ2n) is 8.28. The summed E-state index contributed by atoms with van der Waals surface area (Å²) in [5.74, 6) is -1.53. The van der Waals surface area contributed by atoms with Gasteiger partial charge in [0.1, 0.15) is 23.5 Å². The number of benzene rings is 2. The molecule has 3 atom stereocenters. The third-order valence-electron chi connectivity index (χ3n) is 6.46. The highest BCUT2D eigenvalue weighted by Gasteiger charge is 2.47. The Morgan fingerprint density at radius 3 is 2.40 bits per heavy atom. The van der Waals surface area contributed by atoms with Gasteiger partial charge in [0.25, 0.3) is 0 Å². The fraction of sp³-hybridized carbons (Fsp3) is 0.364. The maximum Gasteiger partial charge on any atom is 0.216 e. The zero-order valence-electron chi connectivity index (χ0n) is 16.2. The molecule has 5 rings (SSSR count). The minimum absolute atomic E-state index is 0.0746. The quantitative estimate of drug-likeness (QED) is 0.452. The summed E-state index contributed by atoms with van der Waals surface area (Å²) < 4.78 is 35.9. The third-order valence-corrected chi connectivity index (χ3v) is 6.46. The van der Waals surface area contributed by atoms with Crippen LogP contribution < -0.4 is 5.32 Å². The highest BCUT2D eigenvalue weighted by atomic mass is 19.1. The van der Waals surface area contributed by atoms with Crippen molar-refractivity contribution in [3.05, 3.63) is 59.3 Å². The number of H-pyrrole nitrogens is 1. The van der Waals surface area contributed by atoms with E-state index in [-0.39, 0.29) is 22.0 Å². The zero-order chi connectivity index (χ0) is 21.3. The molecular formula is C22H22F2N2O4. The number of nitrogens with one attached hydrogen (secondary N) is 2. The summed E-state index contributed by atoms with van der Waals surface area (Å²) in [6.07, 6.45) is 1.03. The number of aromatic amines is 1. The van der Waals surface area contributed by atoms with Gasteiger partial charge in [-0.25, -0.2) is 14.1 Å². The minimum atomic E-state index is -1.44. The largest absolute Gasteiger partial charge is 0.385 e. The Kier molecular flexibility index (Phi) is 4.29. The Balaban J connectivity index is 1.63. The van der Waals surface area contributed by atoms with Crippen molar-refractivity contribution in [1.29, 1.82) is 0 Å². The maximum absolute atomic E-state index is 15.6. The summed E-state index contributed by atoms with van der Waals surface area (Å²) in [4.78, 5) is 2.82. The SMILES string of the molecule is C[C@@]1(c2c[nH]c3cc(F)c(-c4ccc(C5(O)CCC5)cc4)c(F)c23)OC(O)NC1O. The van der Waals surface area contributed by atoms with E-state index in [4.69, 9.17) is 4.74 Å². The molecule has 3 aromatic rings. The van der Waals surface area contributed by atoms with Crippen LogP contribution in [0.2, 0.25) is 0 Å². The van der Waals surface area contributed by atoms with Gasteiger partial charge in [-0.2, -0.15) is 0 Å². The van der Waals surface area contributed by atoms with Crippen LogP contribution in [0, 0.1) is 11.6 Å². The van der Waals surface area contributed by atoms with Gasteiger partial charge in [-0.3, -0.25) is 0 Å². The average Bonchev–Trinajstić information content (AvgIpc) is 3.21. The molecule has 0 radical (unpaired) electrons. The van der Waals surface area contributed by atoms with E-state index in [0.717, 1.165) is 12.0 Å². The standard InChI is InChI=1S/C22H22F2N2O4/c1-21(19(27)26-20(28)30-21)13-10-25-15-9-14(23)16(18(24)17(13)15)11-3-5-12(6-4-11)22(29)7-2-8-22/h3-6,9-10,19-20,25-29H,2,7-8H2,1H3/t19?,20?,21-/m0/s1. The molecule has 5 N–H and O–H groups in total. The Morgan fingerprint density at radius 1 is 1.13 bits per heavy atom. The molecule has 0 amide bonds. The van der Waals surface area contributed by atoms with Crippen LogP contribution in [0.1, 0.15) is 37.3 Å². The topological polar surface area (TPSA) is 97.7 Å². The van der Waals surface area contributed by atoms with Gasteiger partial charge in [0.05, 0.1) is 16.7 Å². The van der Waals surface area contributed by atoms with Crippen LogP contribution in [-0.4, -0.2) is 32.9 Å². The molecule has 1 saturated heterocycles. The maximum atomic E-state index is 15.6. The van der Waals surface area contributed by atoms with Gasteiger partial charge in [-0.15, -0.1) is 0 Å².